The number of nitrogens with zero attached hydrogens (tertiary/aromatic N) is 1. The number of hydrogen-bond acceptors (Lipinski definition) is 4. The number of morpholine rings is 1. The van der Waals surface area contributed by atoms with E-state index >= 15 is 0 Å². The Morgan fingerprint density at radius 1 is 1.12 bits per heavy atom. The number of nitrogens with one attached hydrogen (secondary N) is 1. The Hall–Kier alpha value is -2.79. The van der Waals surface area contributed by atoms with Gasteiger partial charge in [-0.2, -0.15) is 0 Å². The molecule has 3 rings (SSSR count). The second-order valence-corrected chi connectivity index (χ2v) is 6.07. The molecule has 1 N–H and O–H groups in total. The van der Waals surface area contributed by atoms with Crippen LogP contribution in [0.4, 0.5) is 5.69 Å². The minimum Gasteiger partial charge on any atom is -0.490 e. The molecule has 0 saturated carbocycles. The second-order valence-electron chi connectivity index (χ2n) is 6.07. The van der Waals surface area contributed by atoms with Gasteiger partial charge in [-0.05, 0) is 42.0 Å². The summed E-state index contributed by atoms with van der Waals surface area (Å²) < 4.78 is 10.8. The Labute approximate surface area is 154 Å². The summed E-state index contributed by atoms with van der Waals surface area (Å²) >= 11 is 0. The zero-order chi connectivity index (χ0) is 18.2. The summed E-state index contributed by atoms with van der Waals surface area (Å²) in [5.74, 6) is 0.623. The van der Waals surface area contributed by atoms with Crippen molar-refractivity contribution in [2.24, 2.45) is 0 Å². The van der Waals surface area contributed by atoms with Crippen molar-refractivity contribution in [3.05, 3.63) is 72.3 Å². The first kappa shape index (κ1) is 18.0. The van der Waals surface area contributed by atoms with Gasteiger partial charge in [0.25, 0.3) is 5.91 Å². The van der Waals surface area contributed by atoms with Crippen molar-refractivity contribution in [3.63, 3.8) is 0 Å². The highest BCUT2D eigenvalue weighted by Crippen LogP contribution is 2.17. The van der Waals surface area contributed by atoms with Crippen LogP contribution < -0.4 is 15.0 Å². The van der Waals surface area contributed by atoms with Crippen LogP contribution in [-0.4, -0.2) is 38.8 Å². The lowest BCUT2D eigenvalue weighted by Crippen LogP contribution is -2.36. The maximum atomic E-state index is 12.3. The van der Waals surface area contributed by atoms with Crippen LogP contribution in [-0.2, 0) is 11.3 Å². The van der Waals surface area contributed by atoms with E-state index < -0.39 is 0 Å². The topological polar surface area (TPSA) is 50.8 Å². The molecule has 1 amide bonds. The molecule has 0 unspecified atom stereocenters. The monoisotopic (exact) mass is 352 g/mol. The van der Waals surface area contributed by atoms with Crippen molar-refractivity contribution in [3.8, 4) is 5.75 Å². The number of rotatable bonds is 7. The number of carbonyl (C=O) groups excluding carboxylic acids is 1. The first-order chi connectivity index (χ1) is 12.8. The number of anilines is 1. The van der Waals surface area contributed by atoms with Gasteiger partial charge in [-0.3, -0.25) is 4.79 Å². The molecule has 2 aromatic carbocycles. The highest BCUT2D eigenvalue weighted by atomic mass is 16.5. The van der Waals surface area contributed by atoms with Gasteiger partial charge < -0.3 is 19.7 Å². The molecule has 0 atom stereocenters. The third-order valence-corrected chi connectivity index (χ3v) is 4.25. The molecule has 136 valence electrons. The van der Waals surface area contributed by atoms with Gasteiger partial charge in [-0.1, -0.05) is 24.8 Å². The van der Waals surface area contributed by atoms with Crippen molar-refractivity contribution in [1.29, 1.82) is 0 Å². The molecule has 1 heterocycles. The predicted octanol–water partition coefficient (Wildman–Crippen LogP) is 3.02. The minimum atomic E-state index is -0.0995. The van der Waals surface area contributed by atoms with Crippen LogP contribution in [0.15, 0.2) is 61.2 Å². The Balaban J connectivity index is 1.51. The zero-order valence-electron chi connectivity index (χ0n) is 14.8. The van der Waals surface area contributed by atoms with Crippen molar-refractivity contribution >= 4 is 11.6 Å². The molecule has 0 bridgehead atoms. The fourth-order valence-corrected chi connectivity index (χ4v) is 2.79. The largest absolute Gasteiger partial charge is 0.490 e. The maximum Gasteiger partial charge on any atom is 0.251 e. The second kappa shape index (κ2) is 9.06. The fraction of sp³-hybridized carbons (Fsp3) is 0.286. The zero-order valence-corrected chi connectivity index (χ0v) is 14.8. The lowest BCUT2D eigenvalue weighted by atomic mass is 10.1. The summed E-state index contributed by atoms with van der Waals surface area (Å²) in [4.78, 5) is 14.6. The van der Waals surface area contributed by atoms with Gasteiger partial charge >= 0.3 is 0 Å². The Morgan fingerprint density at radius 2 is 1.81 bits per heavy atom. The lowest BCUT2D eigenvalue weighted by Gasteiger charge is -2.28. The summed E-state index contributed by atoms with van der Waals surface area (Å²) in [7, 11) is 0. The lowest BCUT2D eigenvalue weighted by molar-refractivity contribution is 0.0951. The van der Waals surface area contributed by atoms with Gasteiger partial charge in [-0.15, -0.1) is 0 Å². The maximum absolute atomic E-state index is 12.3. The molecule has 1 saturated heterocycles. The molecule has 26 heavy (non-hydrogen) atoms. The van der Waals surface area contributed by atoms with E-state index in [0.29, 0.717) is 18.7 Å². The molecule has 1 aliphatic heterocycles. The van der Waals surface area contributed by atoms with Gasteiger partial charge in [0.1, 0.15) is 12.4 Å². The van der Waals surface area contributed by atoms with Crippen molar-refractivity contribution < 1.29 is 14.3 Å². The van der Waals surface area contributed by atoms with Crippen molar-refractivity contribution in [2.45, 2.75) is 6.54 Å². The van der Waals surface area contributed by atoms with Crippen LogP contribution in [0.5, 0.6) is 5.75 Å². The normalized spacial score (nSPS) is 13.9. The number of benzene rings is 2. The molecule has 0 aromatic heterocycles. The van der Waals surface area contributed by atoms with Gasteiger partial charge in [-0.25, -0.2) is 0 Å². The highest BCUT2D eigenvalue weighted by molar-refractivity contribution is 5.94. The predicted molar refractivity (Wildman–Crippen MR) is 103 cm³/mol. The molecule has 2 aromatic rings. The van der Waals surface area contributed by atoms with E-state index in [9.17, 15) is 4.79 Å². The molecular weight excluding hydrogens is 328 g/mol. The molecule has 1 fully saturated rings. The van der Waals surface area contributed by atoms with Gasteiger partial charge in [0.15, 0.2) is 0 Å². The van der Waals surface area contributed by atoms with Crippen molar-refractivity contribution in [2.75, 3.05) is 37.8 Å². The standard InChI is InChI=1S/C21H24N2O3/c1-2-13-26-20-9-5-18(6-10-20)21(24)22-16-17-3-7-19(8-4-17)23-11-14-25-15-12-23/h2-10H,1,11-16H2,(H,22,24). The molecule has 0 spiro atoms. The first-order valence-corrected chi connectivity index (χ1v) is 8.80. The van der Waals surface area contributed by atoms with Gasteiger partial charge in [0.05, 0.1) is 13.2 Å². The van der Waals surface area contributed by atoms with E-state index in [0.717, 1.165) is 37.6 Å². The molecule has 0 aliphatic carbocycles. The number of hydrogen-bond donors (Lipinski definition) is 1. The van der Waals surface area contributed by atoms with E-state index in [2.05, 4.69) is 41.1 Å². The Morgan fingerprint density at radius 3 is 2.46 bits per heavy atom. The number of carbonyl (C=O) groups is 1. The van der Waals surface area contributed by atoms with Gasteiger partial charge in [0, 0.05) is 30.9 Å². The van der Waals surface area contributed by atoms with E-state index in [-0.39, 0.29) is 5.91 Å². The van der Waals surface area contributed by atoms with Crippen LogP contribution >= 0.6 is 0 Å². The smallest absolute Gasteiger partial charge is 0.251 e. The van der Waals surface area contributed by atoms with E-state index in [1.807, 2.05) is 0 Å². The summed E-state index contributed by atoms with van der Waals surface area (Å²) in [6.07, 6.45) is 1.69. The van der Waals surface area contributed by atoms with Crippen LogP contribution in [0.1, 0.15) is 15.9 Å². The van der Waals surface area contributed by atoms with Crippen LogP contribution in [0.25, 0.3) is 0 Å². The summed E-state index contributed by atoms with van der Waals surface area (Å²) in [5, 5.41) is 2.95. The third kappa shape index (κ3) is 4.86. The SMILES string of the molecule is C=CCOc1ccc(C(=O)NCc2ccc(N3CCOCC3)cc2)cc1. The van der Waals surface area contributed by atoms with E-state index in [1.54, 1.807) is 30.3 Å². The van der Waals surface area contributed by atoms with E-state index in [1.165, 1.54) is 5.69 Å². The summed E-state index contributed by atoms with van der Waals surface area (Å²) in [6.45, 7) is 7.94. The molecule has 5 heteroatoms. The molecule has 1 aliphatic rings. The average molecular weight is 352 g/mol. The Bertz CT molecular complexity index is 720. The van der Waals surface area contributed by atoms with Crippen LogP contribution in [0, 0.1) is 0 Å². The molecular formula is C21H24N2O3. The number of ether oxygens (including phenoxy) is 2. The van der Waals surface area contributed by atoms with Crippen molar-refractivity contribution in [1.82, 2.24) is 5.32 Å². The van der Waals surface area contributed by atoms with Crippen LogP contribution in [0.3, 0.4) is 0 Å². The summed E-state index contributed by atoms with van der Waals surface area (Å²) in [5.41, 5.74) is 2.88. The Kier molecular flexibility index (Phi) is 6.28. The summed E-state index contributed by atoms with van der Waals surface area (Å²) in [6, 6.07) is 15.4. The third-order valence-electron chi connectivity index (χ3n) is 4.25. The fourth-order valence-electron chi connectivity index (χ4n) is 2.79. The molecule has 0 radical (unpaired) electrons. The highest BCUT2D eigenvalue weighted by Gasteiger charge is 2.11. The van der Waals surface area contributed by atoms with Gasteiger partial charge in [0.2, 0.25) is 0 Å². The quantitative estimate of drug-likeness (QED) is 0.778. The molecule has 5 nitrogen and oxygen atoms in total. The first-order valence-electron chi connectivity index (χ1n) is 8.80. The van der Waals surface area contributed by atoms with E-state index in [4.69, 9.17) is 9.47 Å². The van der Waals surface area contributed by atoms with Crippen LogP contribution in [0.2, 0.25) is 0 Å². The minimum absolute atomic E-state index is 0.0995. The number of amides is 1. The average Bonchev–Trinajstić information content (AvgIpc) is 2.72.